The largest absolute Gasteiger partial charge is 0.352 e. The van der Waals surface area contributed by atoms with Gasteiger partial charge in [0.25, 0.3) is 0 Å². The van der Waals surface area contributed by atoms with Crippen LogP contribution in [0.25, 0.3) is 0 Å². The summed E-state index contributed by atoms with van der Waals surface area (Å²) in [6.07, 6.45) is 5.68. The van der Waals surface area contributed by atoms with Crippen LogP contribution in [0.5, 0.6) is 0 Å². The van der Waals surface area contributed by atoms with Crippen molar-refractivity contribution < 1.29 is 9.59 Å². The number of carbonyl (C=O) groups is 2. The maximum absolute atomic E-state index is 12.9. The lowest BCUT2D eigenvalue weighted by Crippen LogP contribution is -2.59. The fraction of sp³-hybridized carbons (Fsp3) is 0.875. The lowest BCUT2D eigenvalue weighted by atomic mass is 9.93. The molecule has 0 aromatic rings. The van der Waals surface area contributed by atoms with Gasteiger partial charge < -0.3 is 16.0 Å². The van der Waals surface area contributed by atoms with Gasteiger partial charge in [-0.25, -0.2) is 0 Å². The van der Waals surface area contributed by atoms with Gasteiger partial charge in [0.2, 0.25) is 11.8 Å². The smallest absolute Gasteiger partial charge is 0.244 e. The van der Waals surface area contributed by atoms with E-state index < -0.39 is 10.9 Å². The Morgan fingerprint density at radius 3 is 2.32 bits per heavy atom. The maximum atomic E-state index is 12.9. The van der Waals surface area contributed by atoms with Gasteiger partial charge in [0.15, 0.2) is 0 Å². The Bertz CT molecular complexity index is 445. The molecule has 0 aromatic heterocycles. The summed E-state index contributed by atoms with van der Waals surface area (Å²) in [5.74, 6) is -0.191. The lowest BCUT2D eigenvalue weighted by molar-refractivity contribution is -0.142. The van der Waals surface area contributed by atoms with E-state index in [0.29, 0.717) is 0 Å². The monoisotopic (exact) mass is 327 g/mol. The van der Waals surface area contributed by atoms with Gasteiger partial charge >= 0.3 is 0 Å². The van der Waals surface area contributed by atoms with Crippen molar-refractivity contribution in [3.63, 3.8) is 0 Å². The molecule has 0 bridgehead atoms. The normalized spacial score (nSPS) is 27.7. The minimum Gasteiger partial charge on any atom is -0.352 e. The fourth-order valence-electron chi connectivity index (χ4n) is 3.87. The average Bonchev–Trinajstić information content (AvgIpc) is 2.63. The second-order valence-corrected chi connectivity index (χ2v) is 9.62. The maximum Gasteiger partial charge on any atom is 0.244 e. The summed E-state index contributed by atoms with van der Waals surface area (Å²) in [6.45, 7) is 7.98. The van der Waals surface area contributed by atoms with Crippen LogP contribution >= 0.6 is 11.8 Å². The Kier molecular flexibility index (Phi) is 5.12. The Hall–Kier alpha value is -0.750. The molecule has 1 saturated carbocycles. The number of rotatable bonds is 3. The van der Waals surface area contributed by atoms with Crippen LogP contribution < -0.4 is 11.1 Å². The Morgan fingerprint density at radius 1 is 1.18 bits per heavy atom. The standard InChI is InChI=1S/C16H29N3O2S/c1-15(2)13(14(21)18-11-8-6-5-7-9-11)19(12(20)10-17)16(3,4)22-15/h11,13H,5-10,17H2,1-4H3,(H,18,21). The van der Waals surface area contributed by atoms with E-state index in [-0.39, 0.29) is 29.1 Å². The average molecular weight is 327 g/mol. The summed E-state index contributed by atoms with van der Waals surface area (Å²) in [6, 6.07) is -0.217. The van der Waals surface area contributed by atoms with Gasteiger partial charge in [0, 0.05) is 10.8 Å². The van der Waals surface area contributed by atoms with Gasteiger partial charge in [-0.15, -0.1) is 11.8 Å². The molecule has 1 heterocycles. The van der Waals surface area contributed by atoms with Gasteiger partial charge in [-0.1, -0.05) is 19.3 Å². The minimum atomic E-state index is -0.467. The van der Waals surface area contributed by atoms with E-state index in [1.807, 2.05) is 27.7 Å². The van der Waals surface area contributed by atoms with E-state index in [4.69, 9.17) is 5.73 Å². The van der Waals surface area contributed by atoms with Crippen molar-refractivity contribution in [2.24, 2.45) is 5.73 Å². The third-order valence-electron chi connectivity index (χ3n) is 4.65. The molecular weight excluding hydrogens is 298 g/mol. The van der Waals surface area contributed by atoms with E-state index >= 15 is 0 Å². The second kappa shape index (κ2) is 6.40. The van der Waals surface area contributed by atoms with E-state index in [0.717, 1.165) is 12.8 Å². The van der Waals surface area contributed by atoms with Crippen LogP contribution in [-0.4, -0.2) is 45.0 Å². The molecule has 126 valence electrons. The van der Waals surface area contributed by atoms with Crippen LogP contribution in [0.2, 0.25) is 0 Å². The number of nitrogens with one attached hydrogen (secondary N) is 1. The Morgan fingerprint density at radius 2 is 1.77 bits per heavy atom. The third kappa shape index (κ3) is 3.43. The summed E-state index contributed by atoms with van der Waals surface area (Å²) in [5, 5.41) is 3.18. The number of nitrogens with two attached hydrogens (primary N) is 1. The molecule has 2 fully saturated rings. The first-order valence-electron chi connectivity index (χ1n) is 8.22. The minimum absolute atomic E-state index is 0.0308. The van der Waals surface area contributed by atoms with Crippen molar-refractivity contribution in [3.8, 4) is 0 Å². The molecule has 0 spiro atoms. The molecule has 1 saturated heterocycles. The Labute approximate surface area is 137 Å². The van der Waals surface area contributed by atoms with Crippen LogP contribution in [0.1, 0.15) is 59.8 Å². The topological polar surface area (TPSA) is 75.4 Å². The van der Waals surface area contributed by atoms with Crippen molar-refractivity contribution in [3.05, 3.63) is 0 Å². The SMILES string of the molecule is CC1(C)SC(C)(C)N(C(=O)CN)C1C(=O)NC1CCCCC1. The highest BCUT2D eigenvalue weighted by Gasteiger charge is 2.56. The molecular formula is C16H29N3O2S. The lowest BCUT2D eigenvalue weighted by Gasteiger charge is -2.36. The van der Waals surface area contributed by atoms with Crippen LogP contribution in [0.4, 0.5) is 0 Å². The third-order valence-corrected chi connectivity index (χ3v) is 6.10. The number of amides is 2. The molecule has 2 rings (SSSR count). The first kappa shape index (κ1) is 17.6. The highest BCUT2D eigenvalue weighted by Crippen LogP contribution is 2.50. The fourth-order valence-corrected chi connectivity index (χ4v) is 5.79. The predicted molar refractivity (Wildman–Crippen MR) is 90.5 cm³/mol. The molecule has 0 aromatic carbocycles. The molecule has 22 heavy (non-hydrogen) atoms. The first-order valence-corrected chi connectivity index (χ1v) is 9.03. The van der Waals surface area contributed by atoms with E-state index in [1.54, 1.807) is 16.7 Å². The molecule has 1 atom stereocenters. The van der Waals surface area contributed by atoms with E-state index in [1.165, 1.54) is 19.3 Å². The number of thioether (sulfide) groups is 1. The van der Waals surface area contributed by atoms with Crippen LogP contribution in [-0.2, 0) is 9.59 Å². The van der Waals surface area contributed by atoms with Gasteiger partial charge in [0.1, 0.15) is 6.04 Å². The number of hydrogen-bond acceptors (Lipinski definition) is 4. The zero-order valence-electron chi connectivity index (χ0n) is 14.1. The van der Waals surface area contributed by atoms with E-state index in [9.17, 15) is 9.59 Å². The van der Waals surface area contributed by atoms with E-state index in [2.05, 4.69) is 5.32 Å². The molecule has 1 aliphatic carbocycles. The predicted octanol–water partition coefficient (Wildman–Crippen LogP) is 1.85. The molecule has 3 N–H and O–H groups in total. The molecule has 2 aliphatic rings. The van der Waals surface area contributed by atoms with Crippen molar-refractivity contribution in [2.75, 3.05) is 6.54 Å². The van der Waals surface area contributed by atoms with Crippen molar-refractivity contribution in [1.82, 2.24) is 10.2 Å². The molecule has 5 nitrogen and oxygen atoms in total. The van der Waals surface area contributed by atoms with Crippen LogP contribution in [0.3, 0.4) is 0 Å². The molecule has 1 unspecified atom stereocenters. The van der Waals surface area contributed by atoms with Crippen molar-refractivity contribution in [2.45, 2.75) is 81.5 Å². The molecule has 6 heteroatoms. The van der Waals surface area contributed by atoms with Crippen molar-refractivity contribution in [1.29, 1.82) is 0 Å². The van der Waals surface area contributed by atoms with Gasteiger partial charge in [-0.2, -0.15) is 0 Å². The quantitative estimate of drug-likeness (QED) is 0.829. The van der Waals surface area contributed by atoms with Gasteiger partial charge in [0.05, 0.1) is 11.4 Å². The van der Waals surface area contributed by atoms with Crippen LogP contribution in [0, 0.1) is 0 Å². The summed E-state index contributed by atoms with van der Waals surface area (Å²) in [4.78, 5) is 26.5. The van der Waals surface area contributed by atoms with Crippen molar-refractivity contribution >= 4 is 23.6 Å². The molecule has 2 amide bonds. The summed E-state index contributed by atoms with van der Waals surface area (Å²) >= 11 is 1.66. The summed E-state index contributed by atoms with van der Waals surface area (Å²) < 4.78 is -0.326. The summed E-state index contributed by atoms with van der Waals surface area (Å²) in [5.41, 5.74) is 5.58. The zero-order valence-corrected chi connectivity index (χ0v) is 15.0. The molecule has 0 radical (unpaired) electrons. The molecule has 1 aliphatic heterocycles. The number of carbonyl (C=O) groups excluding carboxylic acids is 2. The highest BCUT2D eigenvalue weighted by atomic mass is 32.2. The van der Waals surface area contributed by atoms with Gasteiger partial charge in [-0.05, 0) is 40.5 Å². The van der Waals surface area contributed by atoms with Crippen LogP contribution in [0.15, 0.2) is 0 Å². The second-order valence-electron chi connectivity index (χ2n) is 7.37. The first-order chi connectivity index (χ1) is 10.2. The Balaban J connectivity index is 2.20. The number of nitrogens with zero attached hydrogens (tertiary/aromatic N) is 1. The highest BCUT2D eigenvalue weighted by molar-refractivity contribution is 8.02. The summed E-state index contributed by atoms with van der Waals surface area (Å²) in [7, 11) is 0. The van der Waals surface area contributed by atoms with Gasteiger partial charge in [-0.3, -0.25) is 9.59 Å². The number of hydrogen-bond donors (Lipinski definition) is 2. The zero-order chi connectivity index (χ0) is 16.5.